The number of carboxylic acids is 1. The number of nitrogens with zero attached hydrogens (tertiary/aromatic N) is 1. The monoisotopic (exact) mass is 339 g/mol. The summed E-state index contributed by atoms with van der Waals surface area (Å²) < 4.78 is 23.5. The summed E-state index contributed by atoms with van der Waals surface area (Å²) in [5.41, 5.74) is 0.861. The minimum absolute atomic E-state index is 0.0520. The van der Waals surface area contributed by atoms with Crippen molar-refractivity contribution in [2.24, 2.45) is 0 Å². The number of likely N-dealkylation sites (tertiary alicyclic amines) is 1. The van der Waals surface area contributed by atoms with Gasteiger partial charge in [-0.3, -0.25) is 4.79 Å². The van der Waals surface area contributed by atoms with Crippen LogP contribution >= 0.6 is 0 Å². The van der Waals surface area contributed by atoms with Gasteiger partial charge in [0, 0.05) is 13.0 Å². The van der Waals surface area contributed by atoms with Gasteiger partial charge in [-0.15, -0.1) is 0 Å². The van der Waals surface area contributed by atoms with Crippen LogP contribution in [0.4, 0.5) is 0 Å². The molecule has 1 fully saturated rings. The average Bonchev–Trinajstić information content (AvgIpc) is 3.03. The number of benzene rings is 1. The Kier molecular flexibility index (Phi) is 5.41. The van der Waals surface area contributed by atoms with Crippen molar-refractivity contribution in [1.29, 1.82) is 0 Å². The molecule has 126 valence electrons. The number of carbonyl (C=O) groups is 2. The first-order chi connectivity index (χ1) is 10.8. The van der Waals surface area contributed by atoms with Crippen LogP contribution in [0.5, 0.6) is 0 Å². The number of aliphatic carboxylic acids is 1. The van der Waals surface area contributed by atoms with Crippen LogP contribution < -0.4 is 0 Å². The molecule has 0 bridgehead atoms. The number of carbonyl (C=O) groups excluding carboxylic acids is 1. The lowest BCUT2D eigenvalue weighted by atomic mass is 10.1. The second kappa shape index (κ2) is 7.12. The summed E-state index contributed by atoms with van der Waals surface area (Å²) in [4.78, 5) is 25.0. The molecule has 1 aliphatic rings. The molecule has 1 aliphatic heterocycles. The Morgan fingerprint density at radius 1 is 1.26 bits per heavy atom. The Bertz CT molecular complexity index is 681. The third-order valence-corrected chi connectivity index (χ3v) is 5.90. The van der Waals surface area contributed by atoms with Gasteiger partial charge in [0.1, 0.15) is 6.04 Å². The van der Waals surface area contributed by atoms with Crippen molar-refractivity contribution in [3.8, 4) is 0 Å². The van der Waals surface area contributed by atoms with Gasteiger partial charge in [-0.1, -0.05) is 19.1 Å². The highest BCUT2D eigenvalue weighted by Gasteiger charge is 2.33. The van der Waals surface area contributed by atoms with Crippen LogP contribution in [0.3, 0.4) is 0 Å². The summed E-state index contributed by atoms with van der Waals surface area (Å²) >= 11 is 0. The van der Waals surface area contributed by atoms with Gasteiger partial charge in [0.05, 0.1) is 10.6 Å². The van der Waals surface area contributed by atoms with Crippen LogP contribution in [0.25, 0.3) is 0 Å². The molecule has 1 N–H and O–H groups in total. The van der Waals surface area contributed by atoms with Gasteiger partial charge >= 0.3 is 5.97 Å². The number of carboxylic acid groups (broad SMARTS) is 1. The fraction of sp³-hybridized carbons (Fsp3) is 0.500. The van der Waals surface area contributed by atoms with Crippen molar-refractivity contribution >= 4 is 21.7 Å². The van der Waals surface area contributed by atoms with E-state index < -0.39 is 21.8 Å². The minimum atomic E-state index is -3.22. The van der Waals surface area contributed by atoms with Gasteiger partial charge in [0.25, 0.3) is 0 Å². The zero-order valence-electron chi connectivity index (χ0n) is 13.1. The average molecular weight is 339 g/mol. The van der Waals surface area contributed by atoms with Crippen molar-refractivity contribution in [3.63, 3.8) is 0 Å². The van der Waals surface area contributed by atoms with Gasteiger partial charge in [-0.05, 0) is 37.0 Å². The molecule has 0 spiro atoms. The molecular formula is C16H21NO5S. The normalized spacial score (nSPS) is 18.1. The second-order valence-electron chi connectivity index (χ2n) is 5.63. The molecule has 0 aliphatic carbocycles. The third-order valence-electron chi connectivity index (χ3n) is 4.15. The van der Waals surface area contributed by atoms with Crippen LogP contribution in [0.1, 0.15) is 31.7 Å². The maximum Gasteiger partial charge on any atom is 0.326 e. The van der Waals surface area contributed by atoms with E-state index in [1.165, 1.54) is 4.90 Å². The molecule has 1 saturated heterocycles. The SMILES string of the molecule is CCS(=O)(=O)c1ccc(CCC(=O)N2CCC[C@H]2C(=O)O)cc1. The summed E-state index contributed by atoms with van der Waals surface area (Å²) in [5, 5.41) is 9.10. The molecule has 7 heteroatoms. The number of hydrogen-bond donors (Lipinski definition) is 1. The predicted molar refractivity (Wildman–Crippen MR) is 84.9 cm³/mol. The van der Waals surface area contributed by atoms with Crippen LogP contribution in [-0.2, 0) is 25.8 Å². The first-order valence-electron chi connectivity index (χ1n) is 7.69. The smallest absolute Gasteiger partial charge is 0.326 e. The second-order valence-corrected chi connectivity index (χ2v) is 7.91. The molecule has 1 aromatic carbocycles. The maximum atomic E-state index is 12.2. The lowest BCUT2D eigenvalue weighted by molar-refractivity contribution is -0.148. The molecule has 6 nitrogen and oxygen atoms in total. The van der Waals surface area contributed by atoms with Gasteiger partial charge in [-0.25, -0.2) is 13.2 Å². The Morgan fingerprint density at radius 2 is 1.91 bits per heavy atom. The molecule has 0 aromatic heterocycles. The third kappa shape index (κ3) is 4.10. The van der Waals surface area contributed by atoms with Crippen molar-refractivity contribution in [3.05, 3.63) is 29.8 Å². The maximum absolute atomic E-state index is 12.2. The zero-order valence-corrected chi connectivity index (χ0v) is 13.9. The number of aryl methyl sites for hydroxylation is 1. The van der Waals surface area contributed by atoms with E-state index in [4.69, 9.17) is 5.11 Å². The molecule has 2 rings (SSSR count). The van der Waals surface area contributed by atoms with E-state index in [-0.39, 0.29) is 23.0 Å². The van der Waals surface area contributed by atoms with Crippen LogP contribution in [0.15, 0.2) is 29.2 Å². The summed E-state index contributed by atoms with van der Waals surface area (Å²) in [6.45, 7) is 2.08. The lowest BCUT2D eigenvalue weighted by Gasteiger charge is -2.21. The van der Waals surface area contributed by atoms with Gasteiger partial charge in [0.2, 0.25) is 5.91 Å². The highest BCUT2D eigenvalue weighted by Crippen LogP contribution is 2.19. The number of rotatable bonds is 6. The van der Waals surface area contributed by atoms with E-state index >= 15 is 0 Å². The van der Waals surface area contributed by atoms with Crippen molar-refractivity contribution in [2.45, 2.75) is 43.5 Å². The molecule has 0 saturated carbocycles. The predicted octanol–water partition coefficient (Wildman–Crippen LogP) is 1.49. The van der Waals surface area contributed by atoms with E-state index in [1.54, 1.807) is 31.2 Å². The first kappa shape index (κ1) is 17.5. The number of hydrogen-bond acceptors (Lipinski definition) is 4. The Balaban J connectivity index is 1.96. The highest BCUT2D eigenvalue weighted by molar-refractivity contribution is 7.91. The molecule has 23 heavy (non-hydrogen) atoms. The molecule has 1 atom stereocenters. The Hall–Kier alpha value is -1.89. The summed E-state index contributed by atoms with van der Waals surface area (Å²) in [6.07, 6.45) is 1.91. The molecule has 0 radical (unpaired) electrons. The van der Waals surface area contributed by atoms with Crippen LogP contribution in [0.2, 0.25) is 0 Å². The summed E-state index contributed by atoms with van der Waals surface area (Å²) in [5.74, 6) is -1.07. The van der Waals surface area contributed by atoms with Gasteiger partial charge in [-0.2, -0.15) is 0 Å². The molecular weight excluding hydrogens is 318 g/mol. The molecule has 1 heterocycles. The lowest BCUT2D eigenvalue weighted by Crippen LogP contribution is -2.40. The van der Waals surface area contributed by atoms with Gasteiger partial charge < -0.3 is 10.0 Å². The summed E-state index contributed by atoms with van der Waals surface area (Å²) in [7, 11) is -3.22. The van der Waals surface area contributed by atoms with Crippen molar-refractivity contribution in [2.75, 3.05) is 12.3 Å². The summed E-state index contributed by atoms with van der Waals surface area (Å²) in [6, 6.07) is 5.80. The largest absolute Gasteiger partial charge is 0.480 e. The van der Waals surface area contributed by atoms with Crippen LogP contribution in [0, 0.1) is 0 Å². The number of amides is 1. The van der Waals surface area contributed by atoms with E-state index in [0.29, 0.717) is 25.8 Å². The molecule has 1 aromatic rings. The van der Waals surface area contributed by atoms with Crippen LogP contribution in [-0.4, -0.2) is 48.6 Å². The Labute approximate surface area is 136 Å². The molecule has 1 amide bonds. The van der Waals surface area contributed by atoms with E-state index in [2.05, 4.69) is 0 Å². The van der Waals surface area contributed by atoms with Crippen molar-refractivity contribution < 1.29 is 23.1 Å². The topological polar surface area (TPSA) is 91.8 Å². The first-order valence-corrected chi connectivity index (χ1v) is 9.34. The fourth-order valence-corrected chi connectivity index (χ4v) is 3.63. The quantitative estimate of drug-likeness (QED) is 0.848. The molecule has 0 unspecified atom stereocenters. The van der Waals surface area contributed by atoms with E-state index in [0.717, 1.165) is 5.56 Å². The standard InChI is InChI=1S/C16H21NO5S/c1-2-23(21,22)13-8-5-12(6-9-13)7-10-15(18)17-11-3-4-14(17)16(19)20/h5-6,8-9,14H,2-4,7,10-11H2,1H3,(H,19,20)/t14-/m0/s1. The fourth-order valence-electron chi connectivity index (χ4n) is 2.75. The zero-order chi connectivity index (χ0) is 17.0. The van der Waals surface area contributed by atoms with Gasteiger partial charge in [0.15, 0.2) is 9.84 Å². The number of sulfone groups is 1. The van der Waals surface area contributed by atoms with E-state index in [9.17, 15) is 18.0 Å². The minimum Gasteiger partial charge on any atom is -0.480 e. The van der Waals surface area contributed by atoms with E-state index in [1.807, 2.05) is 0 Å². The Morgan fingerprint density at radius 3 is 2.48 bits per heavy atom. The highest BCUT2D eigenvalue weighted by atomic mass is 32.2. The van der Waals surface area contributed by atoms with Crippen molar-refractivity contribution in [1.82, 2.24) is 4.90 Å².